The van der Waals surface area contributed by atoms with E-state index in [2.05, 4.69) is 19.6 Å². The van der Waals surface area contributed by atoms with E-state index in [1.54, 1.807) is 36.9 Å². The number of piperazine rings is 1. The second-order valence-electron chi connectivity index (χ2n) is 10.0. The van der Waals surface area contributed by atoms with Crippen LogP contribution in [-0.4, -0.2) is 59.5 Å². The lowest BCUT2D eigenvalue weighted by molar-refractivity contribution is -0.152. The first-order chi connectivity index (χ1) is 19.8. The van der Waals surface area contributed by atoms with Crippen molar-refractivity contribution in [2.75, 3.05) is 36.8 Å². The van der Waals surface area contributed by atoms with Gasteiger partial charge in [0.2, 0.25) is 5.76 Å². The van der Waals surface area contributed by atoms with Gasteiger partial charge in [-0.15, -0.1) is 0 Å². The predicted octanol–water partition coefficient (Wildman–Crippen LogP) is 5.97. The number of furan rings is 1. The number of benzene rings is 2. The minimum Gasteiger partial charge on any atom is -0.455 e. The van der Waals surface area contributed by atoms with Gasteiger partial charge in [0.05, 0.1) is 11.4 Å². The number of nitrogens with zero attached hydrogens (tertiary/aromatic N) is 3. The number of amides is 4. The van der Waals surface area contributed by atoms with Crippen LogP contribution in [0, 0.1) is 12.7 Å². The van der Waals surface area contributed by atoms with Crippen LogP contribution in [0.4, 0.5) is 33.7 Å². The van der Waals surface area contributed by atoms with Gasteiger partial charge in [-0.05, 0) is 56.7 Å². The van der Waals surface area contributed by atoms with Crippen molar-refractivity contribution in [3.63, 3.8) is 0 Å². The Kier molecular flexibility index (Phi) is 9.10. The van der Waals surface area contributed by atoms with Gasteiger partial charge in [0, 0.05) is 55.6 Å². The maximum absolute atomic E-state index is 14.8. The number of rotatable bonds is 6. The first-order valence-corrected chi connectivity index (χ1v) is 13.0. The van der Waals surface area contributed by atoms with Gasteiger partial charge in [0.15, 0.2) is 0 Å². The van der Waals surface area contributed by atoms with E-state index in [1.165, 1.54) is 19.1 Å². The summed E-state index contributed by atoms with van der Waals surface area (Å²) in [5, 5.41) is 4.15. The van der Waals surface area contributed by atoms with E-state index in [-0.39, 0.29) is 22.9 Å². The second-order valence-corrected chi connectivity index (χ2v) is 10.0. The van der Waals surface area contributed by atoms with Gasteiger partial charge < -0.3 is 20.0 Å². The Labute approximate surface area is 239 Å². The fraction of sp³-hybridized carbons (Fsp3) is 0.310. The number of carbonyl (C=O) groups is 3. The third-order valence-electron chi connectivity index (χ3n) is 6.39. The zero-order valence-electron chi connectivity index (χ0n) is 23.1. The monoisotopic (exact) mass is 587 g/mol. The molecule has 13 heteroatoms. The summed E-state index contributed by atoms with van der Waals surface area (Å²) < 4.78 is 58.7. The molecule has 9 nitrogen and oxygen atoms in total. The number of hydrogen-bond acceptors (Lipinski definition) is 5. The Hall–Kier alpha value is -4.52. The molecule has 0 bridgehead atoms. The van der Waals surface area contributed by atoms with Crippen LogP contribution in [0.25, 0.3) is 0 Å². The van der Waals surface area contributed by atoms with E-state index in [9.17, 15) is 31.9 Å². The molecule has 0 atom stereocenters. The molecule has 4 rings (SSSR count). The SMILES string of the molecule is CC(C)=NC(=O)c1cccc(CN2CCN(C(=O)c3ccc(NC(=O)Nc4cc(C)oc4C(F)(F)F)c(F)c3)CC2)c1. The molecule has 0 spiro atoms. The van der Waals surface area contributed by atoms with Crippen molar-refractivity contribution < 1.29 is 36.4 Å². The second kappa shape index (κ2) is 12.6. The van der Waals surface area contributed by atoms with Crippen molar-refractivity contribution in [1.29, 1.82) is 0 Å². The molecule has 222 valence electrons. The Balaban J connectivity index is 1.32. The fourth-order valence-corrected chi connectivity index (χ4v) is 4.46. The van der Waals surface area contributed by atoms with Crippen LogP contribution >= 0.6 is 0 Å². The highest BCUT2D eigenvalue weighted by atomic mass is 19.4. The van der Waals surface area contributed by atoms with E-state index in [1.807, 2.05) is 11.4 Å². The quantitative estimate of drug-likeness (QED) is 0.273. The van der Waals surface area contributed by atoms with Gasteiger partial charge >= 0.3 is 12.2 Å². The number of nitrogens with one attached hydrogen (secondary N) is 2. The molecule has 1 saturated heterocycles. The first-order valence-electron chi connectivity index (χ1n) is 13.0. The van der Waals surface area contributed by atoms with E-state index < -0.39 is 35.4 Å². The number of aryl methyl sites for hydroxylation is 1. The zero-order chi connectivity index (χ0) is 30.6. The molecule has 2 heterocycles. The number of alkyl halides is 3. The highest BCUT2D eigenvalue weighted by Gasteiger charge is 2.38. The number of urea groups is 1. The molecule has 42 heavy (non-hydrogen) atoms. The predicted molar refractivity (Wildman–Crippen MR) is 148 cm³/mol. The number of anilines is 2. The Morgan fingerprint density at radius 1 is 0.929 bits per heavy atom. The molecule has 2 N–H and O–H groups in total. The highest BCUT2D eigenvalue weighted by molar-refractivity contribution is 6.03. The fourth-order valence-electron chi connectivity index (χ4n) is 4.46. The van der Waals surface area contributed by atoms with Crippen LogP contribution in [0.15, 0.2) is 57.9 Å². The molecule has 1 aliphatic heterocycles. The summed E-state index contributed by atoms with van der Waals surface area (Å²) in [5.41, 5.74) is 1.26. The lowest BCUT2D eigenvalue weighted by Gasteiger charge is -2.35. The molecule has 4 amide bonds. The third kappa shape index (κ3) is 7.60. The topological polar surface area (TPSA) is 107 Å². The minimum absolute atomic E-state index is 0.0640. The molecule has 0 radical (unpaired) electrons. The van der Waals surface area contributed by atoms with E-state index in [0.717, 1.165) is 17.7 Å². The van der Waals surface area contributed by atoms with Crippen molar-refractivity contribution in [3.8, 4) is 0 Å². The van der Waals surface area contributed by atoms with Crippen molar-refractivity contribution in [2.45, 2.75) is 33.5 Å². The van der Waals surface area contributed by atoms with Gasteiger partial charge in [-0.1, -0.05) is 12.1 Å². The lowest BCUT2D eigenvalue weighted by atomic mass is 10.1. The van der Waals surface area contributed by atoms with Crippen molar-refractivity contribution in [1.82, 2.24) is 9.80 Å². The molecule has 2 aromatic carbocycles. The standard InChI is InChI=1S/C29H29F4N5O4/c1-17(2)34-26(39)20-6-4-5-19(14-20)16-37-9-11-38(12-10-37)27(40)21-7-8-23(22(30)15-21)35-28(41)36-24-13-18(3)42-25(24)29(31,32)33/h4-8,13-15H,9-12,16H2,1-3H3,(H2,35,36,41). The van der Waals surface area contributed by atoms with Crippen LogP contribution < -0.4 is 10.6 Å². The molecule has 1 aromatic heterocycles. The molecule has 0 saturated carbocycles. The van der Waals surface area contributed by atoms with Crippen LogP contribution in [-0.2, 0) is 12.7 Å². The van der Waals surface area contributed by atoms with Gasteiger partial charge in [-0.25, -0.2) is 14.2 Å². The van der Waals surface area contributed by atoms with E-state index in [4.69, 9.17) is 0 Å². The number of carbonyl (C=O) groups excluding carboxylic acids is 3. The molecule has 0 unspecified atom stereocenters. The van der Waals surface area contributed by atoms with E-state index >= 15 is 0 Å². The van der Waals surface area contributed by atoms with Crippen LogP contribution in [0.3, 0.4) is 0 Å². The normalized spacial score (nSPS) is 13.9. The van der Waals surface area contributed by atoms with Crippen molar-refractivity contribution in [2.24, 2.45) is 4.99 Å². The van der Waals surface area contributed by atoms with Crippen LogP contribution in [0.1, 0.15) is 51.6 Å². The minimum atomic E-state index is -4.83. The highest BCUT2D eigenvalue weighted by Crippen LogP contribution is 2.37. The molecular formula is C29H29F4N5O4. The van der Waals surface area contributed by atoms with Gasteiger partial charge in [-0.3, -0.25) is 14.5 Å². The molecular weight excluding hydrogens is 558 g/mol. The third-order valence-corrected chi connectivity index (χ3v) is 6.39. The summed E-state index contributed by atoms with van der Waals surface area (Å²) >= 11 is 0. The van der Waals surface area contributed by atoms with E-state index in [0.29, 0.717) is 44.0 Å². The smallest absolute Gasteiger partial charge is 0.451 e. The number of aliphatic imine (C=N–C) groups is 1. The maximum atomic E-state index is 14.8. The van der Waals surface area contributed by atoms with Crippen LogP contribution in [0.2, 0.25) is 0 Å². The number of hydrogen-bond donors (Lipinski definition) is 2. The maximum Gasteiger partial charge on any atom is 0.451 e. The molecule has 1 fully saturated rings. The zero-order valence-corrected chi connectivity index (χ0v) is 23.1. The molecule has 3 aromatic rings. The largest absolute Gasteiger partial charge is 0.455 e. The van der Waals surface area contributed by atoms with Gasteiger partial charge in [0.1, 0.15) is 11.6 Å². The van der Waals surface area contributed by atoms with Gasteiger partial charge in [0.25, 0.3) is 11.8 Å². The molecule has 1 aliphatic rings. The summed E-state index contributed by atoms with van der Waals surface area (Å²) in [7, 11) is 0. The Morgan fingerprint density at radius 3 is 2.26 bits per heavy atom. The lowest BCUT2D eigenvalue weighted by Crippen LogP contribution is -2.48. The summed E-state index contributed by atoms with van der Waals surface area (Å²) in [6.45, 7) is 7.30. The molecule has 0 aliphatic carbocycles. The summed E-state index contributed by atoms with van der Waals surface area (Å²) in [6.07, 6.45) is -4.83. The Bertz CT molecular complexity index is 1520. The number of halogens is 4. The van der Waals surface area contributed by atoms with Crippen LogP contribution in [0.5, 0.6) is 0 Å². The summed E-state index contributed by atoms with van der Waals surface area (Å²) in [5.74, 6) is -3.06. The van der Waals surface area contributed by atoms with Crippen molar-refractivity contribution >= 4 is 34.9 Å². The summed E-state index contributed by atoms with van der Waals surface area (Å²) in [4.78, 5) is 45.2. The first kappa shape index (κ1) is 30.4. The van der Waals surface area contributed by atoms with Gasteiger partial charge in [-0.2, -0.15) is 13.2 Å². The average Bonchev–Trinajstić information content (AvgIpc) is 3.30. The Morgan fingerprint density at radius 2 is 1.62 bits per heavy atom. The summed E-state index contributed by atoms with van der Waals surface area (Å²) in [6, 6.07) is 10.6. The average molecular weight is 588 g/mol. The van der Waals surface area contributed by atoms with Crippen molar-refractivity contribution in [3.05, 3.63) is 82.6 Å².